The number of para-hydroxylation sites is 2. The zero-order valence-electron chi connectivity index (χ0n) is 12.5. The number of carbonyl (C=O) groups is 1. The van der Waals surface area contributed by atoms with E-state index in [1.54, 1.807) is 11.0 Å². The van der Waals surface area contributed by atoms with Crippen LogP contribution >= 0.6 is 0 Å². The van der Waals surface area contributed by atoms with Crippen LogP contribution in [0.4, 0.5) is 13.2 Å². The maximum atomic E-state index is 12.2. The van der Waals surface area contributed by atoms with Gasteiger partial charge in [-0.15, -0.1) is 0 Å². The fourth-order valence-corrected chi connectivity index (χ4v) is 2.48. The van der Waals surface area contributed by atoms with Gasteiger partial charge in [0.25, 0.3) is 5.91 Å². The van der Waals surface area contributed by atoms with E-state index in [0.717, 1.165) is 12.8 Å². The first-order valence-electron chi connectivity index (χ1n) is 7.31. The Morgan fingerprint density at radius 3 is 2.52 bits per heavy atom. The summed E-state index contributed by atoms with van der Waals surface area (Å²) in [4.78, 5) is 13.8. The van der Waals surface area contributed by atoms with Gasteiger partial charge in [0.1, 0.15) is 0 Å². The first kappa shape index (κ1) is 17.4. The number of benzene rings is 1. The summed E-state index contributed by atoms with van der Waals surface area (Å²) in [5, 5.41) is 0. The van der Waals surface area contributed by atoms with Crippen LogP contribution in [0.25, 0.3) is 0 Å². The van der Waals surface area contributed by atoms with Gasteiger partial charge in [-0.2, -0.15) is 13.2 Å². The highest BCUT2D eigenvalue weighted by Crippen LogP contribution is 2.28. The molecule has 0 radical (unpaired) electrons. The SMILES string of the molecule is NC[C@@H]1CCCN1C(=O)COc1ccccc1OCC(F)(F)F. The summed E-state index contributed by atoms with van der Waals surface area (Å²) in [6.45, 7) is -0.668. The summed E-state index contributed by atoms with van der Waals surface area (Å²) in [5.41, 5.74) is 5.61. The maximum Gasteiger partial charge on any atom is 0.422 e. The Hall–Kier alpha value is -1.96. The van der Waals surface area contributed by atoms with E-state index < -0.39 is 12.8 Å². The molecule has 1 aliphatic heterocycles. The molecular formula is C15H19F3N2O3. The molecular weight excluding hydrogens is 313 g/mol. The van der Waals surface area contributed by atoms with Crippen molar-refractivity contribution in [3.8, 4) is 11.5 Å². The average molecular weight is 332 g/mol. The lowest BCUT2D eigenvalue weighted by molar-refractivity contribution is -0.153. The lowest BCUT2D eigenvalue weighted by Crippen LogP contribution is -2.42. The predicted molar refractivity (Wildman–Crippen MR) is 77.3 cm³/mol. The van der Waals surface area contributed by atoms with Crippen molar-refractivity contribution in [1.82, 2.24) is 4.90 Å². The van der Waals surface area contributed by atoms with Crippen LogP contribution in [-0.4, -0.2) is 49.3 Å². The molecule has 23 heavy (non-hydrogen) atoms. The molecule has 1 aromatic rings. The third kappa shape index (κ3) is 5.02. The first-order chi connectivity index (χ1) is 10.9. The minimum atomic E-state index is -4.44. The zero-order chi connectivity index (χ0) is 16.9. The highest BCUT2D eigenvalue weighted by Gasteiger charge is 2.30. The van der Waals surface area contributed by atoms with Crippen molar-refractivity contribution in [2.24, 2.45) is 5.73 Å². The summed E-state index contributed by atoms with van der Waals surface area (Å²) >= 11 is 0. The number of hydrogen-bond acceptors (Lipinski definition) is 4. The largest absolute Gasteiger partial charge is 0.480 e. The van der Waals surface area contributed by atoms with Gasteiger partial charge in [0.15, 0.2) is 24.7 Å². The van der Waals surface area contributed by atoms with E-state index in [1.165, 1.54) is 18.2 Å². The van der Waals surface area contributed by atoms with Gasteiger partial charge in [-0.1, -0.05) is 12.1 Å². The van der Waals surface area contributed by atoms with Gasteiger partial charge in [-0.3, -0.25) is 4.79 Å². The van der Waals surface area contributed by atoms with Crippen molar-refractivity contribution in [2.45, 2.75) is 25.1 Å². The van der Waals surface area contributed by atoms with E-state index in [0.29, 0.717) is 13.1 Å². The van der Waals surface area contributed by atoms with Crippen LogP contribution in [0.3, 0.4) is 0 Å². The van der Waals surface area contributed by atoms with Crippen LogP contribution in [0.1, 0.15) is 12.8 Å². The monoisotopic (exact) mass is 332 g/mol. The molecule has 2 N–H and O–H groups in total. The number of hydrogen-bond donors (Lipinski definition) is 1. The lowest BCUT2D eigenvalue weighted by Gasteiger charge is -2.23. The number of rotatable bonds is 6. The number of ether oxygens (including phenoxy) is 2. The van der Waals surface area contributed by atoms with Gasteiger partial charge in [0.2, 0.25) is 0 Å². The molecule has 5 nitrogen and oxygen atoms in total. The molecule has 1 aromatic carbocycles. The van der Waals surface area contributed by atoms with Crippen LogP contribution in [0.2, 0.25) is 0 Å². The van der Waals surface area contributed by atoms with E-state index >= 15 is 0 Å². The molecule has 1 amide bonds. The van der Waals surface area contributed by atoms with Gasteiger partial charge in [-0.05, 0) is 25.0 Å². The zero-order valence-corrected chi connectivity index (χ0v) is 12.5. The Balaban J connectivity index is 1.94. The summed E-state index contributed by atoms with van der Waals surface area (Å²) in [6, 6.07) is 5.96. The standard InChI is InChI=1S/C15H19F3N2O3/c16-15(17,18)10-23-13-6-2-1-5-12(13)22-9-14(21)20-7-3-4-11(20)8-19/h1-2,5-6,11H,3-4,7-10,19H2/t11-/m0/s1. The van der Waals surface area contributed by atoms with Crippen LogP contribution < -0.4 is 15.2 Å². The van der Waals surface area contributed by atoms with Crippen molar-refractivity contribution >= 4 is 5.91 Å². The summed E-state index contributed by atoms with van der Waals surface area (Å²) < 4.78 is 46.8. The molecule has 8 heteroatoms. The Morgan fingerprint density at radius 2 is 1.91 bits per heavy atom. The van der Waals surface area contributed by atoms with E-state index in [2.05, 4.69) is 0 Å². The first-order valence-corrected chi connectivity index (χ1v) is 7.31. The van der Waals surface area contributed by atoms with Gasteiger partial charge in [0.05, 0.1) is 0 Å². The van der Waals surface area contributed by atoms with E-state index in [1.807, 2.05) is 0 Å². The lowest BCUT2D eigenvalue weighted by atomic mass is 10.2. The minimum absolute atomic E-state index is 0.00261. The molecule has 1 aliphatic rings. The molecule has 0 bridgehead atoms. The number of carbonyl (C=O) groups excluding carboxylic acids is 1. The molecule has 0 unspecified atom stereocenters. The van der Waals surface area contributed by atoms with Crippen molar-refractivity contribution in [3.05, 3.63) is 24.3 Å². The topological polar surface area (TPSA) is 64.8 Å². The van der Waals surface area contributed by atoms with Crippen LogP contribution in [0.15, 0.2) is 24.3 Å². The third-order valence-electron chi connectivity index (χ3n) is 3.56. The number of nitrogens with two attached hydrogens (primary N) is 1. The second kappa shape index (κ2) is 7.54. The summed E-state index contributed by atoms with van der Waals surface area (Å²) in [5.74, 6) is -0.174. The van der Waals surface area contributed by atoms with Crippen LogP contribution in [0.5, 0.6) is 11.5 Å². The van der Waals surface area contributed by atoms with Crippen molar-refractivity contribution < 1.29 is 27.4 Å². The van der Waals surface area contributed by atoms with Gasteiger partial charge in [-0.25, -0.2) is 0 Å². The van der Waals surface area contributed by atoms with Crippen LogP contribution in [-0.2, 0) is 4.79 Å². The highest BCUT2D eigenvalue weighted by molar-refractivity contribution is 5.78. The Bertz CT molecular complexity index is 537. The summed E-state index contributed by atoms with van der Waals surface area (Å²) in [6.07, 6.45) is -2.70. The number of alkyl halides is 3. The number of halogens is 3. The second-order valence-electron chi connectivity index (χ2n) is 5.26. The second-order valence-corrected chi connectivity index (χ2v) is 5.26. The highest BCUT2D eigenvalue weighted by atomic mass is 19.4. The molecule has 0 saturated carbocycles. The average Bonchev–Trinajstić information content (AvgIpc) is 2.99. The molecule has 1 fully saturated rings. The molecule has 0 aromatic heterocycles. The van der Waals surface area contributed by atoms with Crippen molar-refractivity contribution in [3.63, 3.8) is 0 Å². The minimum Gasteiger partial charge on any atom is -0.480 e. The van der Waals surface area contributed by atoms with Crippen molar-refractivity contribution in [2.75, 3.05) is 26.3 Å². The van der Waals surface area contributed by atoms with E-state index in [9.17, 15) is 18.0 Å². The number of likely N-dealkylation sites (tertiary alicyclic amines) is 1. The fraction of sp³-hybridized carbons (Fsp3) is 0.533. The fourth-order valence-electron chi connectivity index (χ4n) is 2.48. The Morgan fingerprint density at radius 1 is 1.26 bits per heavy atom. The van der Waals surface area contributed by atoms with E-state index in [4.69, 9.17) is 15.2 Å². The normalized spacial score (nSPS) is 18.1. The molecule has 0 spiro atoms. The molecule has 1 atom stereocenters. The van der Waals surface area contributed by atoms with Gasteiger partial charge >= 0.3 is 6.18 Å². The summed E-state index contributed by atoms with van der Waals surface area (Å²) in [7, 11) is 0. The molecule has 1 saturated heterocycles. The third-order valence-corrected chi connectivity index (χ3v) is 3.56. The predicted octanol–water partition coefficient (Wildman–Crippen LogP) is 1.96. The number of amides is 1. The molecule has 0 aliphatic carbocycles. The van der Waals surface area contributed by atoms with Gasteiger partial charge in [0, 0.05) is 19.1 Å². The molecule has 1 heterocycles. The number of nitrogens with zero attached hydrogens (tertiary/aromatic N) is 1. The Kier molecular flexibility index (Phi) is 5.70. The smallest absolute Gasteiger partial charge is 0.422 e. The van der Waals surface area contributed by atoms with E-state index in [-0.39, 0.29) is 30.1 Å². The molecule has 128 valence electrons. The van der Waals surface area contributed by atoms with Crippen molar-refractivity contribution in [1.29, 1.82) is 0 Å². The maximum absolute atomic E-state index is 12.2. The quantitative estimate of drug-likeness (QED) is 0.865. The van der Waals surface area contributed by atoms with Gasteiger partial charge < -0.3 is 20.1 Å². The molecule has 2 rings (SSSR count). The Labute approximate surface area is 132 Å². The van der Waals surface area contributed by atoms with Crippen LogP contribution in [0, 0.1) is 0 Å².